The number of phenolic OH excluding ortho intramolecular Hbond substituents is 1. The van der Waals surface area contributed by atoms with Gasteiger partial charge in [-0.1, -0.05) is 54.6 Å². The molecule has 196 valence electrons. The van der Waals surface area contributed by atoms with Crippen LogP contribution in [0.1, 0.15) is 24.0 Å². The van der Waals surface area contributed by atoms with E-state index in [1.165, 1.54) is 42.9 Å². The van der Waals surface area contributed by atoms with E-state index in [4.69, 9.17) is 0 Å². The summed E-state index contributed by atoms with van der Waals surface area (Å²) in [7, 11) is -2.73. The third kappa shape index (κ3) is 8.06. The molecule has 1 atom stereocenters. The Hall–Kier alpha value is -3.89. The van der Waals surface area contributed by atoms with Gasteiger partial charge < -0.3 is 15.5 Å². The second kappa shape index (κ2) is 12.9. The Morgan fingerprint density at radius 1 is 0.919 bits per heavy atom. The highest BCUT2D eigenvalue weighted by Gasteiger charge is 2.26. The Morgan fingerprint density at radius 2 is 1.57 bits per heavy atom. The summed E-state index contributed by atoms with van der Waals surface area (Å²) in [6.45, 7) is 0.373. The van der Waals surface area contributed by atoms with E-state index >= 15 is 0 Å². The molecule has 0 radical (unpaired) electrons. The number of sulfonamides is 1. The van der Waals surface area contributed by atoms with Gasteiger partial charge in [-0.25, -0.2) is 13.2 Å². The highest BCUT2D eigenvalue weighted by Crippen LogP contribution is 2.28. The van der Waals surface area contributed by atoms with Crippen LogP contribution in [0.25, 0.3) is 0 Å². The average molecular weight is 526 g/mol. The van der Waals surface area contributed by atoms with Crippen molar-refractivity contribution in [3.63, 3.8) is 0 Å². The maximum absolute atomic E-state index is 13.1. The number of phenols is 1. The summed E-state index contributed by atoms with van der Waals surface area (Å²) in [6, 6.07) is 20.8. The quantitative estimate of drug-likeness (QED) is 0.267. The molecule has 0 aliphatic rings. The van der Waals surface area contributed by atoms with E-state index in [1.807, 2.05) is 30.3 Å². The summed E-state index contributed by atoms with van der Waals surface area (Å²) in [6.07, 6.45) is 1.11. The van der Waals surface area contributed by atoms with Gasteiger partial charge in [0.1, 0.15) is 11.8 Å². The van der Waals surface area contributed by atoms with Crippen molar-refractivity contribution in [2.75, 3.05) is 18.5 Å². The number of aromatic hydroxyl groups is 1. The molecule has 4 N–H and O–H groups in total. The molecule has 37 heavy (non-hydrogen) atoms. The lowest BCUT2D eigenvalue weighted by molar-refractivity contribution is -0.122. The molecule has 0 heterocycles. The number of benzene rings is 3. The van der Waals surface area contributed by atoms with Gasteiger partial charge in [0, 0.05) is 13.6 Å². The van der Waals surface area contributed by atoms with Crippen LogP contribution in [0.2, 0.25) is 0 Å². The van der Waals surface area contributed by atoms with E-state index in [-0.39, 0.29) is 22.8 Å². The van der Waals surface area contributed by atoms with Gasteiger partial charge >= 0.3 is 6.09 Å². The lowest BCUT2D eigenvalue weighted by Crippen LogP contribution is -2.48. The summed E-state index contributed by atoms with van der Waals surface area (Å²) in [5.74, 6) is -0.752. The number of aryl methyl sites for hydroxylation is 1. The van der Waals surface area contributed by atoms with Crippen LogP contribution in [-0.4, -0.2) is 50.3 Å². The highest BCUT2D eigenvalue weighted by molar-refractivity contribution is 7.89. The summed E-state index contributed by atoms with van der Waals surface area (Å²) < 4.78 is 28.4. The summed E-state index contributed by atoms with van der Waals surface area (Å²) >= 11 is 0. The van der Waals surface area contributed by atoms with Crippen molar-refractivity contribution < 1.29 is 28.2 Å². The van der Waals surface area contributed by atoms with Crippen LogP contribution >= 0.6 is 0 Å². The first kappa shape index (κ1) is 27.7. The van der Waals surface area contributed by atoms with Gasteiger partial charge in [-0.15, -0.1) is 0 Å². The molecule has 10 heteroatoms. The number of nitrogens with zero attached hydrogens (tertiary/aromatic N) is 1. The molecule has 0 aromatic heterocycles. The minimum atomic E-state index is -4.01. The number of rotatable bonds is 12. The van der Waals surface area contributed by atoms with Crippen molar-refractivity contribution in [1.82, 2.24) is 10.0 Å². The molecule has 3 aromatic rings. The molecule has 0 bridgehead atoms. The summed E-state index contributed by atoms with van der Waals surface area (Å²) in [5.41, 5.74) is 1.70. The second-order valence-corrected chi connectivity index (χ2v) is 10.3. The summed E-state index contributed by atoms with van der Waals surface area (Å²) in [4.78, 5) is 25.3. The minimum absolute atomic E-state index is 0.0210. The number of hydrogen-bond donors (Lipinski definition) is 4. The predicted molar refractivity (Wildman–Crippen MR) is 141 cm³/mol. The van der Waals surface area contributed by atoms with Crippen molar-refractivity contribution in [3.8, 4) is 5.75 Å². The lowest BCUT2D eigenvalue weighted by atomic mass is 10.0. The zero-order valence-corrected chi connectivity index (χ0v) is 21.3. The predicted octanol–water partition coefficient (Wildman–Crippen LogP) is 3.54. The van der Waals surface area contributed by atoms with E-state index in [0.717, 1.165) is 17.7 Å². The number of carboxylic acid groups (broad SMARTS) is 1. The monoisotopic (exact) mass is 525 g/mol. The van der Waals surface area contributed by atoms with Crippen LogP contribution in [0.4, 0.5) is 10.5 Å². The Morgan fingerprint density at radius 3 is 2.22 bits per heavy atom. The molecule has 0 spiro atoms. The third-order valence-corrected chi connectivity index (χ3v) is 7.32. The van der Waals surface area contributed by atoms with Crippen molar-refractivity contribution >= 4 is 27.7 Å². The molecule has 3 aromatic carbocycles. The number of unbranched alkanes of at least 4 members (excludes halogenated alkanes) is 1. The topological polar surface area (TPSA) is 136 Å². The number of amides is 2. The minimum Gasteiger partial charge on any atom is -0.506 e. The number of anilines is 1. The van der Waals surface area contributed by atoms with Crippen LogP contribution < -0.4 is 14.9 Å². The molecule has 0 saturated heterocycles. The van der Waals surface area contributed by atoms with Crippen molar-refractivity contribution in [2.45, 2.75) is 36.6 Å². The van der Waals surface area contributed by atoms with Crippen LogP contribution in [0.3, 0.4) is 0 Å². The van der Waals surface area contributed by atoms with E-state index in [2.05, 4.69) is 10.0 Å². The molecule has 3 rings (SSSR count). The lowest BCUT2D eigenvalue weighted by Gasteiger charge is -2.20. The fraction of sp³-hybridized carbons (Fsp3) is 0.259. The van der Waals surface area contributed by atoms with E-state index in [9.17, 15) is 28.2 Å². The van der Waals surface area contributed by atoms with E-state index in [0.29, 0.717) is 18.5 Å². The first-order chi connectivity index (χ1) is 17.7. The van der Waals surface area contributed by atoms with Gasteiger partial charge in [-0.05, 0) is 61.1 Å². The molecule has 0 aliphatic carbocycles. The largest absolute Gasteiger partial charge is 0.506 e. The van der Waals surface area contributed by atoms with Crippen molar-refractivity contribution in [2.24, 2.45) is 0 Å². The van der Waals surface area contributed by atoms with Crippen LogP contribution in [0, 0.1) is 0 Å². The fourth-order valence-electron chi connectivity index (χ4n) is 3.78. The maximum atomic E-state index is 13.1. The zero-order chi connectivity index (χ0) is 26.8. The summed E-state index contributed by atoms with van der Waals surface area (Å²) in [5, 5.41) is 22.2. The second-order valence-electron chi connectivity index (χ2n) is 8.59. The van der Waals surface area contributed by atoms with Crippen LogP contribution in [0.15, 0.2) is 83.8 Å². The standard InChI is InChI=1S/C27H31N3O6S/c1-30(27(33)34)24-19-21(15-16-25(24)31)18-23(29-37(35,36)22-13-6-3-7-14-22)26(32)28-17-9-8-12-20-10-4-2-5-11-20/h2-7,10-11,13-16,19,23,29,31H,8-9,12,17-18H2,1H3,(H,28,32)(H,33,34)/t23-/m0/s1. The Kier molecular flexibility index (Phi) is 9.64. The average Bonchev–Trinajstić information content (AvgIpc) is 2.89. The molecular formula is C27H31N3O6S. The van der Waals surface area contributed by atoms with Gasteiger partial charge in [-0.3, -0.25) is 9.69 Å². The van der Waals surface area contributed by atoms with Gasteiger partial charge in [0.05, 0.1) is 10.6 Å². The number of carbonyl (C=O) groups excluding carboxylic acids is 1. The molecule has 0 unspecified atom stereocenters. The van der Waals surface area contributed by atoms with E-state index in [1.54, 1.807) is 18.2 Å². The number of nitrogens with one attached hydrogen (secondary N) is 2. The van der Waals surface area contributed by atoms with Crippen LogP contribution in [0.5, 0.6) is 5.75 Å². The smallest absolute Gasteiger partial charge is 0.411 e. The Labute approximate surface area is 216 Å². The third-order valence-electron chi connectivity index (χ3n) is 5.83. The fourth-order valence-corrected chi connectivity index (χ4v) is 5.00. The molecular weight excluding hydrogens is 494 g/mol. The molecule has 9 nitrogen and oxygen atoms in total. The maximum Gasteiger partial charge on any atom is 0.411 e. The van der Waals surface area contributed by atoms with Crippen molar-refractivity contribution in [1.29, 1.82) is 0 Å². The van der Waals surface area contributed by atoms with Crippen molar-refractivity contribution in [3.05, 3.63) is 90.0 Å². The first-order valence-electron chi connectivity index (χ1n) is 11.8. The Balaban J connectivity index is 1.73. The molecule has 0 aliphatic heterocycles. The van der Waals surface area contributed by atoms with Gasteiger partial charge in [0.15, 0.2) is 0 Å². The Bertz CT molecular complexity index is 1300. The van der Waals surface area contributed by atoms with Crippen LogP contribution in [-0.2, 0) is 27.7 Å². The molecule has 2 amide bonds. The van der Waals surface area contributed by atoms with E-state index < -0.39 is 28.1 Å². The molecule has 0 saturated carbocycles. The highest BCUT2D eigenvalue weighted by atomic mass is 32.2. The zero-order valence-electron chi connectivity index (χ0n) is 20.5. The van der Waals surface area contributed by atoms with Gasteiger partial charge in [-0.2, -0.15) is 4.72 Å². The van der Waals surface area contributed by atoms with Gasteiger partial charge in [0.25, 0.3) is 0 Å². The van der Waals surface area contributed by atoms with Gasteiger partial charge in [0.2, 0.25) is 15.9 Å². The molecule has 0 fully saturated rings. The number of carbonyl (C=O) groups is 2. The first-order valence-corrected chi connectivity index (χ1v) is 13.3. The SMILES string of the molecule is CN(C(=O)O)c1cc(C[C@H](NS(=O)(=O)c2ccccc2)C(=O)NCCCCc2ccccc2)ccc1O. The number of hydrogen-bond acceptors (Lipinski definition) is 5. The normalized spacial score (nSPS) is 12.0.